The molecule has 0 aliphatic rings. The monoisotopic (exact) mass is 275 g/mol. The van der Waals surface area contributed by atoms with Gasteiger partial charge >= 0.3 is 88.1 Å². The zero-order valence-electron chi connectivity index (χ0n) is 7.84. The fraction of sp³-hybridized carbons (Fsp3) is 0.125. The summed E-state index contributed by atoms with van der Waals surface area (Å²) in [5.74, 6) is -0.641. The van der Waals surface area contributed by atoms with Gasteiger partial charge in [0.25, 0.3) is 0 Å². The number of hydrogen-bond acceptors (Lipinski definition) is 3. The third kappa shape index (κ3) is 3.12. The Hall–Kier alpha value is -1.23. The first-order chi connectivity index (χ1) is 6.80. The zero-order chi connectivity index (χ0) is 11.6. The van der Waals surface area contributed by atoms with E-state index in [4.69, 9.17) is 13.3 Å². The summed E-state index contributed by atoms with van der Waals surface area (Å²) in [6.45, 7) is 1.21. The normalized spacial score (nSPS) is 11.1. The number of benzene rings is 1. The van der Waals surface area contributed by atoms with Crippen molar-refractivity contribution < 1.29 is 21.8 Å². The van der Waals surface area contributed by atoms with Gasteiger partial charge in [-0.3, -0.25) is 0 Å². The van der Waals surface area contributed by atoms with Crippen molar-refractivity contribution in [3.05, 3.63) is 18.2 Å². The van der Waals surface area contributed by atoms with Crippen LogP contribution in [0.2, 0.25) is 0 Å². The van der Waals surface area contributed by atoms with E-state index in [0.29, 0.717) is 0 Å². The average Bonchev–Trinajstić information content (AvgIpc) is 1.99. The number of anilines is 1. The molecule has 7 heteroatoms. The molecule has 0 aliphatic heterocycles. The second kappa shape index (κ2) is 4.10. The Morgan fingerprint density at radius 1 is 1.40 bits per heavy atom. The van der Waals surface area contributed by atoms with Crippen LogP contribution >= 0.6 is 0 Å². The molecule has 0 bridgehead atoms. The van der Waals surface area contributed by atoms with Crippen LogP contribution in [0, 0.1) is 0 Å². The van der Waals surface area contributed by atoms with Crippen LogP contribution in [0.4, 0.5) is 5.69 Å². The first-order valence-corrected chi connectivity index (χ1v) is 7.35. The van der Waals surface area contributed by atoms with Gasteiger partial charge in [0, 0.05) is 0 Å². The number of amides is 1. The predicted molar refractivity (Wildman–Crippen MR) is 52.9 cm³/mol. The summed E-state index contributed by atoms with van der Waals surface area (Å²) in [7, 11) is 0. The van der Waals surface area contributed by atoms with Crippen LogP contribution in [0.25, 0.3) is 0 Å². The molecule has 6 nitrogen and oxygen atoms in total. The second-order valence-electron chi connectivity index (χ2n) is 2.93. The number of aromatic hydroxyl groups is 1. The Kier molecular flexibility index (Phi) is 3.24. The van der Waals surface area contributed by atoms with Gasteiger partial charge < -0.3 is 0 Å². The van der Waals surface area contributed by atoms with Crippen molar-refractivity contribution in [2.45, 2.75) is 6.92 Å². The van der Waals surface area contributed by atoms with E-state index in [1.54, 1.807) is 0 Å². The second-order valence-corrected chi connectivity index (χ2v) is 6.22. The van der Waals surface area contributed by atoms with E-state index in [-0.39, 0.29) is 15.8 Å². The summed E-state index contributed by atoms with van der Waals surface area (Å²) in [6.07, 6.45) is 0. The van der Waals surface area contributed by atoms with Crippen LogP contribution in [-0.4, -0.2) is 33.4 Å². The quantitative estimate of drug-likeness (QED) is 0.513. The number of carbonyl (C=O) groups excluding carboxylic acids is 1. The molecule has 4 N–H and O–H groups in total. The van der Waals surface area contributed by atoms with Crippen molar-refractivity contribution in [3.63, 3.8) is 0 Å². The maximum absolute atomic E-state index is 11.1. The molecule has 0 aliphatic carbocycles. The molecule has 1 amide bonds. The molecule has 0 unspecified atom stereocenters. The fourth-order valence-electron chi connectivity index (χ4n) is 1.07. The van der Waals surface area contributed by atoms with E-state index < -0.39 is 20.1 Å². The van der Waals surface area contributed by atoms with Crippen molar-refractivity contribution in [1.82, 2.24) is 0 Å². The van der Waals surface area contributed by atoms with Gasteiger partial charge in [0.2, 0.25) is 0 Å². The third-order valence-corrected chi connectivity index (χ3v) is 3.74. The molecule has 0 atom stereocenters. The van der Waals surface area contributed by atoms with E-state index in [1.807, 2.05) is 0 Å². The standard InChI is InChI=1S/C8H10AsNO5/c1-5(11)10-8-4-6(12)2-3-7(8)9(13,14)15/h2-4,12H,1H3,(H,10,11)(H2,13,14,15). The molecule has 0 heterocycles. The zero-order valence-corrected chi connectivity index (χ0v) is 9.71. The molecular weight excluding hydrogens is 265 g/mol. The number of phenols is 1. The minimum atomic E-state index is -5.08. The summed E-state index contributed by atoms with van der Waals surface area (Å²) < 4.78 is 28.8. The fourth-order valence-corrected chi connectivity index (χ4v) is 2.54. The summed E-state index contributed by atoms with van der Waals surface area (Å²) in [4.78, 5) is 10.8. The van der Waals surface area contributed by atoms with E-state index in [2.05, 4.69) is 5.32 Å². The van der Waals surface area contributed by atoms with E-state index >= 15 is 0 Å². The first kappa shape index (κ1) is 11.8. The van der Waals surface area contributed by atoms with Crippen LogP contribution in [0.1, 0.15) is 6.92 Å². The van der Waals surface area contributed by atoms with E-state index in [1.165, 1.54) is 6.92 Å². The number of hydrogen-bond donors (Lipinski definition) is 4. The van der Waals surface area contributed by atoms with Gasteiger partial charge in [-0.1, -0.05) is 0 Å². The van der Waals surface area contributed by atoms with Gasteiger partial charge in [-0.2, -0.15) is 0 Å². The molecule has 15 heavy (non-hydrogen) atoms. The summed E-state index contributed by atoms with van der Waals surface area (Å²) in [5, 5.41) is 11.4. The summed E-state index contributed by atoms with van der Waals surface area (Å²) in [6, 6.07) is 3.35. The molecular formula is C8H10AsNO5. The Bertz CT molecular complexity index is 439. The molecule has 82 valence electrons. The number of carbonyl (C=O) groups is 1. The van der Waals surface area contributed by atoms with E-state index in [9.17, 15) is 8.53 Å². The molecule has 1 rings (SSSR count). The number of rotatable bonds is 2. The first-order valence-electron chi connectivity index (χ1n) is 3.97. The Morgan fingerprint density at radius 2 is 2.00 bits per heavy atom. The van der Waals surface area contributed by atoms with Gasteiger partial charge in [0.15, 0.2) is 0 Å². The Balaban J connectivity index is 3.27. The van der Waals surface area contributed by atoms with Crippen molar-refractivity contribution in [3.8, 4) is 5.75 Å². The SMILES string of the molecule is CC(=O)Nc1cc(O)ccc1[As](=O)(O)O. The molecule has 0 fully saturated rings. The topological polar surface area (TPSA) is 107 Å². The summed E-state index contributed by atoms with van der Waals surface area (Å²) in [5.41, 5.74) is -0.0602. The molecule has 0 saturated carbocycles. The van der Waals surface area contributed by atoms with Gasteiger partial charge in [0.1, 0.15) is 0 Å². The van der Waals surface area contributed by atoms with Gasteiger partial charge in [0.05, 0.1) is 0 Å². The van der Waals surface area contributed by atoms with Crippen LogP contribution in [0.5, 0.6) is 5.75 Å². The Labute approximate surface area is 88.6 Å². The summed E-state index contributed by atoms with van der Waals surface area (Å²) >= 11 is -5.08. The third-order valence-electron chi connectivity index (χ3n) is 1.60. The van der Waals surface area contributed by atoms with Crippen LogP contribution in [0.15, 0.2) is 18.2 Å². The molecule has 1 aromatic carbocycles. The van der Waals surface area contributed by atoms with Crippen molar-refractivity contribution >= 4 is 30.1 Å². The molecule has 0 saturated heterocycles. The van der Waals surface area contributed by atoms with Crippen LogP contribution < -0.4 is 9.67 Å². The van der Waals surface area contributed by atoms with Crippen molar-refractivity contribution in [2.24, 2.45) is 0 Å². The predicted octanol–water partition coefficient (Wildman–Crippen LogP) is -1.09. The maximum atomic E-state index is 11.1. The van der Waals surface area contributed by atoms with Crippen molar-refractivity contribution in [2.75, 3.05) is 5.32 Å². The van der Waals surface area contributed by atoms with Crippen LogP contribution in [-0.2, 0) is 8.53 Å². The van der Waals surface area contributed by atoms with Crippen molar-refractivity contribution in [1.29, 1.82) is 0 Å². The van der Waals surface area contributed by atoms with Crippen LogP contribution in [0.3, 0.4) is 0 Å². The number of phenolic OH excluding ortho intramolecular Hbond substituents is 1. The Morgan fingerprint density at radius 3 is 2.47 bits per heavy atom. The van der Waals surface area contributed by atoms with Gasteiger partial charge in [-0.25, -0.2) is 0 Å². The van der Waals surface area contributed by atoms with Gasteiger partial charge in [-0.15, -0.1) is 0 Å². The van der Waals surface area contributed by atoms with Gasteiger partial charge in [-0.05, 0) is 0 Å². The molecule has 0 radical (unpaired) electrons. The molecule has 1 aromatic rings. The van der Waals surface area contributed by atoms with E-state index in [0.717, 1.165) is 18.2 Å². The average molecular weight is 275 g/mol. The molecule has 0 spiro atoms. The minimum absolute atomic E-state index is 0.0602. The number of nitrogens with one attached hydrogen (secondary N) is 1. The molecule has 0 aromatic heterocycles.